The Morgan fingerprint density at radius 3 is 2.68 bits per heavy atom. The Labute approximate surface area is 114 Å². The second-order valence-electron chi connectivity index (χ2n) is 5.68. The quantitative estimate of drug-likeness (QED) is 0.888. The molecule has 0 saturated carbocycles. The number of fused-ring (bicyclic) bond motifs is 1. The molecule has 104 valence electrons. The zero-order valence-electron chi connectivity index (χ0n) is 11.4. The van der Waals surface area contributed by atoms with Crippen LogP contribution in [-0.4, -0.2) is 38.4 Å². The van der Waals surface area contributed by atoms with Crippen LogP contribution >= 0.6 is 0 Å². The second-order valence-corrected chi connectivity index (χ2v) is 7.62. The van der Waals surface area contributed by atoms with Crippen molar-refractivity contribution in [3.63, 3.8) is 0 Å². The SMILES string of the molecule is Cc1ccc(S(=O)(=O)N2C[C@@H]3CCN[C@@H]3C2)cc1C. The topological polar surface area (TPSA) is 49.4 Å². The molecule has 0 aliphatic carbocycles. The molecule has 5 heteroatoms. The average Bonchev–Trinajstić information content (AvgIpc) is 2.93. The van der Waals surface area contributed by atoms with Crippen molar-refractivity contribution in [3.05, 3.63) is 29.3 Å². The van der Waals surface area contributed by atoms with E-state index in [1.54, 1.807) is 16.4 Å². The highest BCUT2D eigenvalue weighted by molar-refractivity contribution is 7.89. The van der Waals surface area contributed by atoms with E-state index >= 15 is 0 Å². The molecule has 0 aromatic heterocycles. The van der Waals surface area contributed by atoms with Crippen LogP contribution in [0.15, 0.2) is 23.1 Å². The normalized spacial score (nSPS) is 27.7. The molecule has 4 nitrogen and oxygen atoms in total. The van der Waals surface area contributed by atoms with E-state index in [4.69, 9.17) is 0 Å². The van der Waals surface area contributed by atoms with Gasteiger partial charge in [0.05, 0.1) is 4.90 Å². The number of sulfonamides is 1. The van der Waals surface area contributed by atoms with Crippen molar-refractivity contribution in [1.29, 1.82) is 0 Å². The van der Waals surface area contributed by atoms with Crippen molar-refractivity contribution in [2.75, 3.05) is 19.6 Å². The van der Waals surface area contributed by atoms with Crippen LogP contribution in [0.1, 0.15) is 17.5 Å². The summed E-state index contributed by atoms with van der Waals surface area (Å²) in [5.41, 5.74) is 2.15. The molecule has 1 aromatic carbocycles. The van der Waals surface area contributed by atoms with Crippen molar-refractivity contribution >= 4 is 10.0 Å². The maximum atomic E-state index is 12.6. The molecular weight excluding hydrogens is 260 g/mol. The maximum Gasteiger partial charge on any atom is 0.243 e. The molecule has 0 spiro atoms. The summed E-state index contributed by atoms with van der Waals surface area (Å²) in [6.45, 7) is 6.24. The van der Waals surface area contributed by atoms with Gasteiger partial charge < -0.3 is 5.32 Å². The summed E-state index contributed by atoms with van der Waals surface area (Å²) in [5, 5.41) is 3.39. The van der Waals surface area contributed by atoms with Crippen LogP contribution in [0.3, 0.4) is 0 Å². The second kappa shape index (κ2) is 4.58. The fraction of sp³-hybridized carbons (Fsp3) is 0.571. The van der Waals surface area contributed by atoms with Gasteiger partial charge in [-0.25, -0.2) is 8.42 Å². The highest BCUT2D eigenvalue weighted by atomic mass is 32.2. The van der Waals surface area contributed by atoms with Gasteiger partial charge in [0, 0.05) is 19.1 Å². The first-order chi connectivity index (χ1) is 8.98. The molecule has 2 saturated heterocycles. The Morgan fingerprint density at radius 2 is 2.00 bits per heavy atom. The van der Waals surface area contributed by atoms with Gasteiger partial charge in [-0.2, -0.15) is 4.31 Å². The van der Waals surface area contributed by atoms with Crippen LogP contribution in [0.25, 0.3) is 0 Å². The fourth-order valence-electron chi connectivity index (χ4n) is 3.03. The molecule has 0 radical (unpaired) electrons. The summed E-state index contributed by atoms with van der Waals surface area (Å²) in [7, 11) is -3.33. The third-order valence-electron chi connectivity index (χ3n) is 4.45. The molecule has 1 N–H and O–H groups in total. The van der Waals surface area contributed by atoms with E-state index in [1.807, 2.05) is 19.9 Å². The van der Waals surface area contributed by atoms with E-state index in [9.17, 15) is 8.42 Å². The first-order valence-electron chi connectivity index (χ1n) is 6.79. The largest absolute Gasteiger partial charge is 0.312 e. The van der Waals surface area contributed by atoms with Gasteiger partial charge in [0.15, 0.2) is 0 Å². The predicted octanol–water partition coefficient (Wildman–Crippen LogP) is 1.29. The summed E-state index contributed by atoms with van der Waals surface area (Å²) in [6, 6.07) is 5.74. The highest BCUT2D eigenvalue weighted by Gasteiger charge is 2.41. The summed E-state index contributed by atoms with van der Waals surface area (Å²) in [4.78, 5) is 0.426. The lowest BCUT2D eigenvalue weighted by Crippen LogP contribution is -2.34. The monoisotopic (exact) mass is 280 g/mol. The van der Waals surface area contributed by atoms with Crippen molar-refractivity contribution < 1.29 is 8.42 Å². The fourth-order valence-corrected chi connectivity index (χ4v) is 4.64. The molecule has 0 amide bonds. The molecule has 3 rings (SSSR count). The van der Waals surface area contributed by atoms with Crippen molar-refractivity contribution in [2.45, 2.75) is 31.2 Å². The van der Waals surface area contributed by atoms with Gasteiger partial charge in [-0.3, -0.25) is 0 Å². The molecule has 2 aliphatic heterocycles. The molecule has 1 aromatic rings. The van der Waals surface area contributed by atoms with Gasteiger partial charge in [0.2, 0.25) is 10.0 Å². The van der Waals surface area contributed by atoms with E-state index in [-0.39, 0.29) is 0 Å². The Bertz CT molecular complexity index is 585. The van der Waals surface area contributed by atoms with Gasteiger partial charge in [0.25, 0.3) is 0 Å². The molecule has 0 bridgehead atoms. The van der Waals surface area contributed by atoms with Crippen LogP contribution in [-0.2, 0) is 10.0 Å². The van der Waals surface area contributed by atoms with E-state index in [0.717, 1.165) is 24.1 Å². The van der Waals surface area contributed by atoms with Gasteiger partial charge in [0.1, 0.15) is 0 Å². The standard InChI is InChI=1S/C14H20N2O2S/c1-10-3-4-13(7-11(10)2)19(17,18)16-8-12-5-6-15-14(12)9-16/h3-4,7,12,14-15H,5-6,8-9H2,1-2H3/t12-,14+/m0/s1. The van der Waals surface area contributed by atoms with Crippen LogP contribution in [0.2, 0.25) is 0 Å². The maximum absolute atomic E-state index is 12.6. The highest BCUT2D eigenvalue weighted by Crippen LogP contribution is 2.29. The molecule has 2 heterocycles. The Kier molecular flexibility index (Phi) is 3.15. The summed E-state index contributed by atoms with van der Waals surface area (Å²) < 4.78 is 26.9. The molecule has 19 heavy (non-hydrogen) atoms. The minimum atomic E-state index is -3.33. The first kappa shape index (κ1) is 13.1. The average molecular weight is 280 g/mol. The van der Waals surface area contributed by atoms with Gasteiger partial charge in [-0.15, -0.1) is 0 Å². The van der Waals surface area contributed by atoms with Gasteiger partial charge in [-0.05, 0) is 56.0 Å². The Hall–Kier alpha value is -0.910. The summed E-state index contributed by atoms with van der Waals surface area (Å²) >= 11 is 0. The molecule has 2 atom stereocenters. The number of aryl methyl sites for hydroxylation is 2. The van der Waals surface area contributed by atoms with E-state index in [1.165, 1.54) is 0 Å². The van der Waals surface area contributed by atoms with Crippen molar-refractivity contribution in [2.24, 2.45) is 5.92 Å². The van der Waals surface area contributed by atoms with E-state index < -0.39 is 10.0 Å². The minimum Gasteiger partial charge on any atom is -0.312 e. The molecule has 2 aliphatic rings. The third kappa shape index (κ3) is 2.20. The number of rotatable bonds is 2. The number of nitrogens with one attached hydrogen (secondary N) is 1. The zero-order valence-corrected chi connectivity index (χ0v) is 12.2. The van der Waals surface area contributed by atoms with Gasteiger partial charge in [-0.1, -0.05) is 6.07 Å². The first-order valence-corrected chi connectivity index (χ1v) is 8.23. The Morgan fingerprint density at radius 1 is 1.21 bits per heavy atom. The number of nitrogens with zero attached hydrogens (tertiary/aromatic N) is 1. The van der Waals surface area contributed by atoms with Crippen molar-refractivity contribution in [1.82, 2.24) is 9.62 Å². The summed E-state index contributed by atoms with van der Waals surface area (Å²) in [6.07, 6.45) is 1.09. The van der Waals surface area contributed by atoms with Crippen LogP contribution < -0.4 is 5.32 Å². The molecule has 2 fully saturated rings. The predicted molar refractivity (Wildman–Crippen MR) is 74.6 cm³/mol. The number of hydrogen-bond donors (Lipinski definition) is 1. The number of benzene rings is 1. The van der Waals surface area contributed by atoms with Crippen LogP contribution in [0.5, 0.6) is 0 Å². The lowest BCUT2D eigenvalue weighted by atomic mass is 10.1. The van der Waals surface area contributed by atoms with E-state index in [2.05, 4.69) is 5.32 Å². The van der Waals surface area contributed by atoms with Crippen LogP contribution in [0.4, 0.5) is 0 Å². The van der Waals surface area contributed by atoms with Crippen molar-refractivity contribution in [3.8, 4) is 0 Å². The van der Waals surface area contributed by atoms with Crippen LogP contribution in [0, 0.1) is 19.8 Å². The smallest absolute Gasteiger partial charge is 0.243 e. The number of hydrogen-bond acceptors (Lipinski definition) is 3. The third-order valence-corrected chi connectivity index (χ3v) is 6.27. The molecule has 0 unspecified atom stereocenters. The van der Waals surface area contributed by atoms with E-state index in [0.29, 0.717) is 29.9 Å². The van der Waals surface area contributed by atoms with Gasteiger partial charge >= 0.3 is 0 Å². The Balaban J connectivity index is 1.88. The lowest BCUT2D eigenvalue weighted by Gasteiger charge is -2.18. The lowest BCUT2D eigenvalue weighted by molar-refractivity contribution is 0.448. The summed E-state index contributed by atoms with van der Waals surface area (Å²) in [5.74, 6) is 0.487. The zero-order chi connectivity index (χ0) is 13.6. The molecular formula is C14H20N2O2S. The minimum absolute atomic E-state index is 0.348.